The Bertz CT molecular complexity index is 591. The number of benzene rings is 1. The highest BCUT2D eigenvalue weighted by molar-refractivity contribution is 9.10. The van der Waals surface area contributed by atoms with Gasteiger partial charge in [0.05, 0.1) is 16.5 Å². The number of methoxy groups -OCH3 is 1. The second-order valence-corrected chi connectivity index (χ2v) is 7.88. The number of hydrogen-bond acceptors (Lipinski definition) is 4. The fourth-order valence-electron chi connectivity index (χ4n) is 2.24. The van der Waals surface area contributed by atoms with Crippen LogP contribution in [-0.4, -0.2) is 39.0 Å². The summed E-state index contributed by atoms with van der Waals surface area (Å²) in [5.74, 6) is 0.956. The van der Waals surface area contributed by atoms with Gasteiger partial charge in [-0.15, -0.1) is 0 Å². The largest absolute Gasteiger partial charge is 0.496 e. The van der Waals surface area contributed by atoms with Crippen LogP contribution in [0.25, 0.3) is 0 Å². The number of sulfonamides is 1. The highest BCUT2D eigenvalue weighted by Crippen LogP contribution is 2.30. The first-order valence-corrected chi connectivity index (χ1v) is 8.69. The van der Waals surface area contributed by atoms with Gasteiger partial charge in [0.25, 0.3) is 0 Å². The van der Waals surface area contributed by atoms with E-state index >= 15 is 0 Å². The summed E-state index contributed by atoms with van der Waals surface area (Å²) in [7, 11) is -1.96. The maximum absolute atomic E-state index is 12.6. The molecule has 7 heteroatoms. The third-order valence-electron chi connectivity index (χ3n) is 3.74. The molecule has 1 aromatic rings. The molecule has 5 nitrogen and oxygen atoms in total. The van der Waals surface area contributed by atoms with Gasteiger partial charge in [0.15, 0.2) is 0 Å². The molecule has 112 valence electrons. The average Bonchev–Trinajstić information content (AvgIpc) is 2.41. The van der Waals surface area contributed by atoms with Crippen LogP contribution < -0.4 is 10.5 Å². The summed E-state index contributed by atoms with van der Waals surface area (Å²) >= 11 is 3.31. The van der Waals surface area contributed by atoms with E-state index < -0.39 is 10.0 Å². The normalized spacial score (nSPS) is 24.6. The van der Waals surface area contributed by atoms with Crippen molar-refractivity contribution >= 4 is 26.0 Å². The van der Waals surface area contributed by atoms with E-state index in [1.807, 2.05) is 0 Å². The minimum Gasteiger partial charge on any atom is -0.496 e. The Morgan fingerprint density at radius 3 is 2.70 bits per heavy atom. The number of piperidine rings is 1. The monoisotopic (exact) mass is 362 g/mol. The molecule has 2 atom stereocenters. The summed E-state index contributed by atoms with van der Waals surface area (Å²) < 4.78 is 32.4. The second-order valence-electron chi connectivity index (χ2n) is 5.09. The van der Waals surface area contributed by atoms with Gasteiger partial charge >= 0.3 is 0 Å². The standard InChI is InChI=1S/C13H19BrN2O3S/c1-9-5-6-16(8-12(9)15)20(17,18)10-3-4-13(19-2)11(14)7-10/h3-4,7,9,12H,5-6,8,15H2,1-2H3. The molecule has 0 radical (unpaired) electrons. The van der Waals surface area contributed by atoms with Crippen molar-refractivity contribution in [2.45, 2.75) is 24.3 Å². The maximum Gasteiger partial charge on any atom is 0.243 e. The quantitative estimate of drug-likeness (QED) is 0.889. The highest BCUT2D eigenvalue weighted by Gasteiger charge is 2.32. The lowest BCUT2D eigenvalue weighted by atomic mass is 9.96. The minimum atomic E-state index is -3.50. The summed E-state index contributed by atoms with van der Waals surface area (Å²) in [5.41, 5.74) is 5.98. The van der Waals surface area contributed by atoms with Crippen molar-refractivity contribution in [3.05, 3.63) is 22.7 Å². The van der Waals surface area contributed by atoms with Gasteiger partial charge in [-0.25, -0.2) is 8.42 Å². The lowest BCUT2D eigenvalue weighted by Gasteiger charge is -2.34. The van der Waals surface area contributed by atoms with Gasteiger partial charge in [-0.3, -0.25) is 0 Å². The van der Waals surface area contributed by atoms with Gasteiger partial charge in [-0.05, 0) is 46.5 Å². The topological polar surface area (TPSA) is 72.6 Å². The molecule has 1 aliphatic heterocycles. The number of rotatable bonds is 3. The lowest BCUT2D eigenvalue weighted by Crippen LogP contribution is -2.49. The zero-order valence-electron chi connectivity index (χ0n) is 11.5. The first kappa shape index (κ1) is 15.8. The third kappa shape index (κ3) is 3.00. The summed E-state index contributed by atoms with van der Waals surface area (Å²) in [6.07, 6.45) is 0.789. The molecule has 1 saturated heterocycles. The number of hydrogen-bond donors (Lipinski definition) is 1. The summed E-state index contributed by atoms with van der Waals surface area (Å²) in [5, 5.41) is 0. The van der Waals surface area contributed by atoms with Crippen molar-refractivity contribution in [1.29, 1.82) is 0 Å². The van der Waals surface area contributed by atoms with Crippen LogP contribution in [-0.2, 0) is 10.0 Å². The summed E-state index contributed by atoms with van der Waals surface area (Å²) in [4.78, 5) is 0.256. The molecule has 0 bridgehead atoms. The van der Waals surface area contributed by atoms with Crippen molar-refractivity contribution in [3.63, 3.8) is 0 Å². The molecule has 20 heavy (non-hydrogen) atoms. The Balaban J connectivity index is 2.29. The predicted molar refractivity (Wildman–Crippen MR) is 81.2 cm³/mol. The van der Waals surface area contributed by atoms with Crippen molar-refractivity contribution < 1.29 is 13.2 Å². The molecular weight excluding hydrogens is 344 g/mol. The van der Waals surface area contributed by atoms with Crippen LogP contribution in [0.5, 0.6) is 5.75 Å². The molecule has 0 saturated carbocycles. The van der Waals surface area contributed by atoms with E-state index in [0.29, 0.717) is 29.2 Å². The Morgan fingerprint density at radius 2 is 2.15 bits per heavy atom. The summed E-state index contributed by atoms with van der Waals surface area (Å²) in [6.45, 7) is 2.94. The van der Waals surface area contributed by atoms with E-state index in [9.17, 15) is 8.42 Å². The molecule has 0 spiro atoms. The zero-order valence-corrected chi connectivity index (χ0v) is 13.9. The number of nitrogens with two attached hydrogens (primary N) is 1. The predicted octanol–water partition coefficient (Wildman–Crippen LogP) is 1.82. The molecule has 2 N–H and O–H groups in total. The number of ether oxygens (including phenoxy) is 1. The first-order valence-electron chi connectivity index (χ1n) is 6.45. The Hall–Kier alpha value is -0.630. The zero-order chi connectivity index (χ0) is 14.9. The van der Waals surface area contributed by atoms with Crippen LogP contribution in [0.1, 0.15) is 13.3 Å². The molecule has 0 amide bonds. The molecule has 1 aromatic carbocycles. The van der Waals surface area contributed by atoms with Crippen LogP contribution in [0, 0.1) is 5.92 Å². The van der Waals surface area contributed by atoms with Gasteiger partial charge in [-0.1, -0.05) is 6.92 Å². The molecule has 2 rings (SSSR count). The molecule has 0 aliphatic carbocycles. The molecule has 2 unspecified atom stereocenters. The van der Waals surface area contributed by atoms with E-state index in [1.54, 1.807) is 25.3 Å². The molecule has 1 aliphatic rings. The Morgan fingerprint density at radius 1 is 1.45 bits per heavy atom. The van der Waals surface area contributed by atoms with E-state index in [0.717, 1.165) is 6.42 Å². The molecule has 0 aromatic heterocycles. The second kappa shape index (κ2) is 6.01. The van der Waals surface area contributed by atoms with Gasteiger partial charge in [0.1, 0.15) is 5.75 Å². The smallest absolute Gasteiger partial charge is 0.243 e. The maximum atomic E-state index is 12.6. The Labute approximate surface area is 128 Å². The van der Waals surface area contributed by atoms with Crippen LogP contribution >= 0.6 is 15.9 Å². The molecule has 1 heterocycles. The highest BCUT2D eigenvalue weighted by atomic mass is 79.9. The number of halogens is 1. The molecule has 1 fully saturated rings. The van der Waals surface area contributed by atoms with Crippen LogP contribution in [0.3, 0.4) is 0 Å². The number of nitrogens with zero attached hydrogens (tertiary/aromatic N) is 1. The van der Waals surface area contributed by atoms with Crippen LogP contribution in [0.15, 0.2) is 27.6 Å². The van der Waals surface area contributed by atoms with Gasteiger partial charge in [0.2, 0.25) is 10.0 Å². The average molecular weight is 363 g/mol. The van der Waals surface area contributed by atoms with E-state index in [4.69, 9.17) is 10.5 Å². The van der Waals surface area contributed by atoms with E-state index in [-0.39, 0.29) is 10.9 Å². The Kier molecular flexibility index (Phi) is 4.73. The third-order valence-corrected chi connectivity index (χ3v) is 6.22. The van der Waals surface area contributed by atoms with Gasteiger partial charge in [0, 0.05) is 19.1 Å². The van der Waals surface area contributed by atoms with Crippen molar-refractivity contribution in [2.75, 3.05) is 20.2 Å². The SMILES string of the molecule is COc1ccc(S(=O)(=O)N2CCC(C)C(N)C2)cc1Br. The lowest BCUT2D eigenvalue weighted by molar-refractivity contribution is 0.253. The van der Waals surface area contributed by atoms with Gasteiger partial charge in [-0.2, -0.15) is 4.31 Å². The fourth-order valence-corrected chi connectivity index (χ4v) is 4.45. The first-order chi connectivity index (χ1) is 9.36. The van der Waals surface area contributed by atoms with Crippen LogP contribution in [0.4, 0.5) is 0 Å². The summed E-state index contributed by atoms with van der Waals surface area (Å²) in [6, 6.07) is 4.66. The van der Waals surface area contributed by atoms with Crippen molar-refractivity contribution in [1.82, 2.24) is 4.31 Å². The van der Waals surface area contributed by atoms with E-state index in [1.165, 1.54) is 4.31 Å². The fraction of sp³-hybridized carbons (Fsp3) is 0.538. The molecular formula is C13H19BrN2O3S. The van der Waals surface area contributed by atoms with Crippen molar-refractivity contribution in [2.24, 2.45) is 11.7 Å². The minimum absolute atomic E-state index is 0.111. The van der Waals surface area contributed by atoms with Crippen LogP contribution in [0.2, 0.25) is 0 Å². The van der Waals surface area contributed by atoms with Crippen molar-refractivity contribution in [3.8, 4) is 5.75 Å². The van der Waals surface area contributed by atoms with E-state index in [2.05, 4.69) is 22.9 Å². The van der Waals surface area contributed by atoms with Gasteiger partial charge < -0.3 is 10.5 Å².